The van der Waals surface area contributed by atoms with Crippen molar-refractivity contribution in [2.24, 2.45) is 0 Å². The number of nitrogens with zero attached hydrogens (tertiary/aromatic N) is 3. The van der Waals surface area contributed by atoms with Crippen LogP contribution in [0.3, 0.4) is 0 Å². The molecule has 0 aromatic heterocycles. The Balaban J connectivity index is 1.65. The van der Waals surface area contributed by atoms with Crippen molar-refractivity contribution in [1.29, 1.82) is 5.26 Å². The number of rotatable bonds is 7. The molecule has 0 spiro atoms. The Hall–Kier alpha value is -4.26. The Morgan fingerprint density at radius 2 is 1.82 bits per heavy atom. The molecule has 0 radical (unpaired) electrons. The summed E-state index contributed by atoms with van der Waals surface area (Å²) >= 11 is 0. The maximum absolute atomic E-state index is 13.1. The normalized spacial score (nSPS) is 13.4. The lowest BCUT2D eigenvalue weighted by atomic mass is 9.94. The Morgan fingerprint density at radius 3 is 2.47 bits per heavy atom. The molecule has 0 saturated heterocycles. The molecule has 1 aliphatic carbocycles. The zero-order valence-corrected chi connectivity index (χ0v) is 18.7. The van der Waals surface area contributed by atoms with Crippen LogP contribution in [0, 0.1) is 21.4 Å². The molecule has 1 N–H and O–H groups in total. The number of nitro groups is 1. The van der Waals surface area contributed by atoms with Crippen molar-refractivity contribution >= 4 is 29.2 Å². The number of hydrogen-bond acceptors (Lipinski definition) is 7. The van der Waals surface area contributed by atoms with Crippen LogP contribution < -0.4 is 5.32 Å². The number of carbonyl (C=O) groups excluding carboxylic acids is 3. The minimum atomic E-state index is -0.833. The number of nitro benzene ring substituents is 1. The molecule has 0 unspecified atom stereocenters. The first-order valence-corrected chi connectivity index (χ1v) is 10.8. The van der Waals surface area contributed by atoms with Crippen LogP contribution in [-0.4, -0.2) is 47.3 Å². The van der Waals surface area contributed by atoms with Gasteiger partial charge in [0.15, 0.2) is 6.61 Å². The quantitative estimate of drug-likeness (QED) is 0.374. The summed E-state index contributed by atoms with van der Waals surface area (Å²) in [6, 6.07) is 11.6. The van der Waals surface area contributed by atoms with Gasteiger partial charge in [0.25, 0.3) is 17.5 Å². The number of nitrogens with one attached hydrogen (secondary N) is 1. The third kappa shape index (κ3) is 5.75. The summed E-state index contributed by atoms with van der Waals surface area (Å²) in [7, 11) is 1.73. The smallest absolute Gasteiger partial charge is 0.339 e. The predicted molar refractivity (Wildman–Crippen MR) is 122 cm³/mol. The highest BCUT2D eigenvalue weighted by Gasteiger charge is 2.26. The Morgan fingerprint density at radius 1 is 1.15 bits per heavy atom. The van der Waals surface area contributed by atoms with Crippen LogP contribution in [0.1, 0.15) is 58.4 Å². The predicted octanol–water partition coefficient (Wildman–Crippen LogP) is 3.67. The Bertz CT molecular complexity index is 1150. The molecule has 0 aliphatic heterocycles. The minimum Gasteiger partial charge on any atom is -0.452 e. The van der Waals surface area contributed by atoms with E-state index < -0.39 is 23.4 Å². The van der Waals surface area contributed by atoms with E-state index in [1.807, 2.05) is 0 Å². The lowest BCUT2D eigenvalue weighted by Gasteiger charge is -2.31. The average molecular weight is 464 g/mol. The monoisotopic (exact) mass is 464 g/mol. The van der Waals surface area contributed by atoms with Crippen molar-refractivity contribution < 1.29 is 24.0 Å². The van der Waals surface area contributed by atoms with Gasteiger partial charge in [-0.1, -0.05) is 31.4 Å². The van der Waals surface area contributed by atoms with Crippen molar-refractivity contribution in [3.8, 4) is 6.07 Å². The number of non-ortho nitro benzene ring substituents is 1. The van der Waals surface area contributed by atoms with Crippen molar-refractivity contribution in [3.63, 3.8) is 0 Å². The molecule has 1 saturated carbocycles. The van der Waals surface area contributed by atoms with E-state index in [1.165, 1.54) is 12.1 Å². The fourth-order valence-electron chi connectivity index (χ4n) is 3.91. The molecule has 0 bridgehead atoms. The molecule has 10 heteroatoms. The molecule has 176 valence electrons. The number of carbonyl (C=O) groups is 3. The molecular weight excluding hydrogens is 440 g/mol. The summed E-state index contributed by atoms with van der Waals surface area (Å²) in [4.78, 5) is 49.8. The third-order valence-corrected chi connectivity index (χ3v) is 5.76. The maximum Gasteiger partial charge on any atom is 0.339 e. The maximum atomic E-state index is 13.1. The number of benzene rings is 2. The number of ether oxygens (including phenoxy) is 1. The molecule has 34 heavy (non-hydrogen) atoms. The van der Waals surface area contributed by atoms with Crippen molar-refractivity contribution in [3.05, 3.63) is 69.3 Å². The summed E-state index contributed by atoms with van der Waals surface area (Å²) in [5, 5.41) is 22.4. The van der Waals surface area contributed by atoms with Gasteiger partial charge in [-0.05, 0) is 31.0 Å². The zero-order chi connectivity index (χ0) is 24.7. The van der Waals surface area contributed by atoms with E-state index in [1.54, 1.807) is 36.2 Å². The standard InChI is InChI=1S/C24H24N4O6/c1-27(17-7-3-2-4-8-17)23(30)19-9-5-6-10-20(19)24(31)34-15-22(29)26-21-12-11-18(28(32)33)13-16(21)14-25/h5-6,9-13,17H,2-4,7-8,15H2,1H3,(H,26,29). The first-order valence-electron chi connectivity index (χ1n) is 10.8. The number of anilines is 1. The van der Waals surface area contributed by atoms with Gasteiger partial charge in [-0.2, -0.15) is 5.26 Å². The first-order chi connectivity index (χ1) is 16.3. The zero-order valence-electron chi connectivity index (χ0n) is 18.7. The van der Waals surface area contributed by atoms with E-state index >= 15 is 0 Å². The van der Waals surface area contributed by atoms with E-state index in [4.69, 9.17) is 4.74 Å². The highest BCUT2D eigenvalue weighted by Crippen LogP contribution is 2.24. The largest absolute Gasteiger partial charge is 0.452 e. The van der Waals surface area contributed by atoms with Crippen LogP contribution >= 0.6 is 0 Å². The summed E-state index contributed by atoms with van der Waals surface area (Å²) < 4.78 is 5.10. The van der Waals surface area contributed by atoms with Crippen LogP contribution in [0.5, 0.6) is 0 Å². The van der Waals surface area contributed by atoms with Crippen LogP contribution in [-0.2, 0) is 9.53 Å². The van der Waals surface area contributed by atoms with E-state index in [0.717, 1.165) is 44.2 Å². The van der Waals surface area contributed by atoms with Crippen molar-refractivity contribution in [2.75, 3.05) is 19.0 Å². The number of amides is 2. The first kappa shape index (κ1) is 24.4. The van der Waals surface area contributed by atoms with Crippen LogP contribution in [0.4, 0.5) is 11.4 Å². The molecule has 10 nitrogen and oxygen atoms in total. The third-order valence-electron chi connectivity index (χ3n) is 5.76. The van der Waals surface area contributed by atoms with Gasteiger partial charge >= 0.3 is 5.97 Å². The van der Waals surface area contributed by atoms with Crippen LogP contribution in [0.2, 0.25) is 0 Å². The Labute approximate surface area is 196 Å². The second-order valence-corrected chi connectivity index (χ2v) is 7.98. The molecule has 1 fully saturated rings. The molecule has 3 rings (SSSR count). The molecule has 1 aliphatic rings. The summed E-state index contributed by atoms with van der Waals surface area (Å²) in [5.74, 6) is -1.85. The van der Waals surface area contributed by atoms with Gasteiger partial charge in [0.1, 0.15) is 6.07 Å². The molecule has 0 heterocycles. The highest BCUT2D eigenvalue weighted by atomic mass is 16.6. The minimum absolute atomic E-state index is 0.0519. The number of esters is 1. The Kier molecular flexibility index (Phi) is 7.92. The highest BCUT2D eigenvalue weighted by molar-refractivity contribution is 6.06. The van der Waals surface area contributed by atoms with E-state index in [9.17, 15) is 29.8 Å². The lowest BCUT2D eigenvalue weighted by molar-refractivity contribution is -0.384. The van der Waals surface area contributed by atoms with Gasteiger partial charge < -0.3 is 15.0 Å². The van der Waals surface area contributed by atoms with E-state index in [-0.39, 0.29) is 40.0 Å². The topological polar surface area (TPSA) is 143 Å². The van der Waals surface area contributed by atoms with E-state index in [2.05, 4.69) is 5.32 Å². The molecule has 0 atom stereocenters. The fourth-order valence-corrected chi connectivity index (χ4v) is 3.91. The van der Waals surface area contributed by atoms with Gasteiger partial charge in [-0.25, -0.2) is 4.79 Å². The summed E-state index contributed by atoms with van der Waals surface area (Å²) in [5.41, 5.74) is -0.0889. The van der Waals surface area contributed by atoms with Gasteiger partial charge in [0.2, 0.25) is 0 Å². The van der Waals surface area contributed by atoms with Crippen molar-refractivity contribution in [1.82, 2.24) is 4.90 Å². The number of nitriles is 1. The van der Waals surface area contributed by atoms with Crippen molar-refractivity contribution in [2.45, 2.75) is 38.1 Å². The van der Waals surface area contributed by atoms with Crippen LogP contribution in [0.15, 0.2) is 42.5 Å². The molecule has 2 aromatic carbocycles. The average Bonchev–Trinajstić information content (AvgIpc) is 2.87. The fraction of sp³-hybridized carbons (Fsp3) is 0.333. The second kappa shape index (κ2) is 11.0. The number of hydrogen-bond donors (Lipinski definition) is 1. The lowest BCUT2D eigenvalue weighted by Crippen LogP contribution is -2.39. The molecule has 2 aromatic rings. The van der Waals surface area contributed by atoms with E-state index in [0.29, 0.717) is 0 Å². The summed E-state index contributed by atoms with van der Waals surface area (Å²) in [6.45, 7) is -0.665. The molecule has 2 amide bonds. The van der Waals surface area contributed by atoms with Gasteiger partial charge in [0.05, 0.1) is 27.3 Å². The van der Waals surface area contributed by atoms with Gasteiger partial charge in [0, 0.05) is 25.2 Å². The van der Waals surface area contributed by atoms with Gasteiger partial charge in [-0.3, -0.25) is 19.7 Å². The van der Waals surface area contributed by atoms with Gasteiger partial charge in [-0.15, -0.1) is 0 Å². The second-order valence-electron chi connectivity index (χ2n) is 7.98. The molecular formula is C24H24N4O6. The van der Waals surface area contributed by atoms with Crippen LogP contribution in [0.25, 0.3) is 0 Å². The summed E-state index contributed by atoms with van der Waals surface area (Å²) in [6.07, 6.45) is 5.11. The SMILES string of the molecule is CN(C(=O)c1ccccc1C(=O)OCC(=O)Nc1ccc([N+](=O)[O-])cc1C#N)C1CCCCC1.